The average molecular weight is 1270 g/mol. The van der Waals surface area contributed by atoms with Gasteiger partial charge in [-0.2, -0.15) is 21.0 Å². The number of ether oxygens (including phenoxy) is 8. The molecular weight excluding hydrogens is 1220 g/mol. The highest BCUT2D eigenvalue weighted by Gasteiger charge is 2.62. The number of fused-ring (bicyclic) bond motifs is 6. The number of benzene rings is 5. The van der Waals surface area contributed by atoms with Gasteiger partial charge in [0.25, 0.3) is 0 Å². The van der Waals surface area contributed by atoms with Gasteiger partial charge in [0.2, 0.25) is 11.4 Å². The SMILES string of the molecule is CCCOc1cc(N=C(C#N)C#N)sc1-c1cc2c(s1)-c1cc3c(cc1C(C(=O)OCc1ccccc1)(C(=O)OCc1ccccc1)O2)-c1sc(-c2sc(N=C(C#N)C#N)cc2OCCC)cc1OC3(C(=O)OCc1ccccc1)C(=O)OCc1ccccc1. The zero-order chi connectivity index (χ0) is 62.8. The molecular formula is C68H48N6O12S4. The van der Waals surface area contributed by atoms with Crippen molar-refractivity contribution in [3.8, 4) is 87.7 Å². The Morgan fingerprint density at radius 3 is 1.03 bits per heavy atom. The zero-order valence-corrected chi connectivity index (χ0v) is 51.1. The van der Waals surface area contributed by atoms with Crippen molar-refractivity contribution in [3.63, 3.8) is 0 Å². The number of nitriles is 4. The lowest BCUT2D eigenvalue weighted by atomic mass is 9.78. The zero-order valence-electron chi connectivity index (χ0n) is 47.9. The van der Waals surface area contributed by atoms with Crippen LogP contribution in [-0.4, -0.2) is 48.5 Å². The number of carbonyl (C=O) groups excluding carboxylic acids is 4. The molecule has 0 radical (unpaired) electrons. The third-order valence-corrected chi connectivity index (χ3v) is 18.6. The van der Waals surface area contributed by atoms with Crippen molar-refractivity contribution >= 4 is 90.6 Å². The van der Waals surface area contributed by atoms with Gasteiger partial charge in [0.1, 0.15) is 83.7 Å². The quantitative estimate of drug-likeness (QED) is 0.0264. The van der Waals surface area contributed by atoms with Crippen LogP contribution in [0, 0.1) is 45.3 Å². The first-order valence-electron chi connectivity index (χ1n) is 27.9. The van der Waals surface area contributed by atoms with Gasteiger partial charge in [0.05, 0.1) is 42.5 Å². The molecule has 18 nitrogen and oxygen atoms in total. The number of carbonyl (C=O) groups is 4. The van der Waals surface area contributed by atoms with Gasteiger partial charge >= 0.3 is 35.1 Å². The highest BCUT2D eigenvalue weighted by atomic mass is 32.1. The van der Waals surface area contributed by atoms with Crippen LogP contribution in [0.25, 0.3) is 40.4 Å². The van der Waals surface area contributed by atoms with Gasteiger partial charge in [-0.1, -0.05) is 135 Å². The minimum absolute atomic E-state index is 0.0307. The van der Waals surface area contributed by atoms with Crippen molar-refractivity contribution < 1.29 is 57.1 Å². The summed E-state index contributed by atoms with van der Waals surface area (Å²) in [7, 11) is 0. The lowest BCUT2D eigenvalue weighted by molar-refractivity contribution is -0.185. The molecule has 22 heteroatoms. The van der Waals surface area contributed by atoms with Crippen LogP contribution in [-0.2, 0) is 75.8 Å². The third kappa shape index (κ3) is 12.3. The molecule has 0 atom stereocenters. The normalized spacial score (nSPS) is 12.5. The summed E-state index contributed by atoms with van der Waals surface area (Å²) in [6.07, 6.45) is 1.22. The van der Waals surface area contributed by atoms with Gasteiger partial charge in [0.15, 0.2) is 0 Å². The lowest BCUT2D eigenvalue weighted by Crippen LogP contribution is -2.54. The van der Waals surface area contributed by atoms with E-state index in [1.807, 2.05) is 13.8 Å². The van der Waals surface area contributed by atoms with E-state index < -0.39 is 46.5 Å². The maximum Gasteiger partial charge on any atom is 0.367 e. The maximum absolute atomic E-state index is 15.8. The molecule has 0 fully saturated rings. The number of aliphatic imine (C=N–C) groups is 2. The van der Waals surface area contributed by atoms with Crippen LogP contribution < -0.4 is 18.9 Å². The largest absolute Gasteiger partial charge is 0.492 e. The van der Waals surface area contributed by atoms with E-state index in [1.54, 1.807) is 170 Å². The summed E-state index contributed by atoms with van der Waals surface area (Å²) in [6, 6.07) is 51.8. The molecule has 0 bridgehead atoms. The van der Waals surface area contributed by atoms with Gasteiger partial charge in [-0.25, -0.2) is 29.2 Å². The molecule has 446 valence electrons. The Balaban J connectivity index is 1.20. The van der Waals surface area contributed by atoms with E-state index in [4.69, 9.17) is 37.9 Å². The van der Waals surface area contributed by atoms with Crippen LogP contribution in [0.15, 0.2) is 168 Å². The fraction of sp³-hybridized carbons (Fsp3) is 0.176. The Labute approximate surface area is 531 Å². The monoisotopic (exact) mass is 1270 g/mol. The third-order valence-electron chi connectivity index (χ3n) is 13.9. The maximum atomic E-state index is 15.8. The van der Waals surface area contributed by atoms with E-state index in [9.17, 15) is 21.0 Å². The molecule has 90 heavy (non-hydrogen) atoms. The molecule has 0 saturated carbocycles. The van der Waals surface area contributed by atoms with Gasteiger partial charge in [-0.15, -0.1) is 45.3 Å². The summed E-state index contributed by atoms with van der Waals surface area (Å²) in [4.78, 5) is 74.2. The van der Waals surface area contributed by atoms with E-state index in [-0.39, 0.29) is 83.4 Å². The molecule has 2 aliphatic heterocycles. The molecule has 0 unspecified atom stereocenters. The number of nitrogens with zero attached hydrogens (tertiary/aromatic N) is 6. The highest BCUT2D eigenvalue weighted by Crippen LogP contribution is 2.61. The van der Waals surface area contributed by atoms with Crippen LogP contribution >= 0.6 is 45.3 Å². The number of rotatable bonds is 22. The molecule has 0 N–H and O–H groups in total. The summed E-state index contributed by atoms with van der Waals surface area (Å²) in [5.74, 6) is -4.11. The number of hydrogen-bond acceptors (Lipinski definition) is 22. The lowest BCUT2D eigenvalue weighted by Gasteiger charge is -2.39. The summed E-state index contributed by atoms with van der Waals surface area (Å²) >= 11 is 4.50. The molecule has 6 heterocycles. The van der Waals surface area contributed by atoms with Crippen molar-refractivity contribution in [3.05, 3.63) is 191 Å². The summed E-state index contributed by atoms with van der Waals surface area (Å²) in [6.45, 7) is 3.10. The van der Waals surface area contributed by atoms with Gasteiger partial charge in [0, 0.05) is 46.5 Å². The van der Waals surface area contributed by atoms with Crippen LogP contribution in [0.3, 0.4) is 0 Å². The average Bonchev–Trinajstić information content (AvgIpc) is 1.09. The van der Waals surface area contributed by atoms with E-state index in [2.05, 4.69) is 9.98 Å². The predicted octanol–water partition coefficient (Wildman–Crippen LogP) is 14.6. The number of esters is 4. The summed E-state index contributed by atoms with van der Waals surface area (Å²) in [5, 5.41) is 39.3. The molecule has 9 aromatic rings. The first-order valence-corrected chi connectivity index (χ1v) is 31.2. The van der Waals surface area contributed by atoms with Crippen LogP contribution in [0.2, 0.25) is 0 Å². The fourth-order valence-corrected chi connectivity index (χ4v) is 14.2. The second-order valence-corrected chi connectivity index (χ2v) is 24.2. The standard InChI is InChI=1S/C68H48N6O12S4/c1-3-25-79-51-31-57(73-45(33-69)34-70)89-61(51)55-29-53-59(87-55)47-27-50-48(28-49(47)67(85-53,63(75)81-37-41-17-9-5-10-18-41)64(76)82-38-42-19-11-6-12-20-42)60-54(30-56(88-60)62-52(80-26-4-2)32-58(90-62)74-46(35-71)36-72)86-68(50,65(77)83-39-43-21-13-7-14-22-43)66(78)84-40-44-23-15-8-16-24-44/h5-24,27-32H,3-4,25-26,37-40H2,1-2H3. The van der Waals surface area contributed by atoms with Crippen molar-refractivity contribution in [2.45, 2.75) is 64.3 Å². The van der Waals surface area contributed by atoms with E-state index >= 15 is 19.2 Å². The Hall–Kier alpha value is -10.7. The second-order valence-electron chi connectivity index (χ2n) is 20.0. The van der Waals surface area contributed by atoms with E-state index in [1.165, 1.54) is 12.1 Å². The fourth-order valence-electron chi connectivity index (χ4n) is 9.76. The first kappa shape index (κ1) is 60.9. The molecule has 0 spiro atoms. The van der Waals surface area contributed by atoms with Gasteiger partial charge in [-0.3, -0.25) is 0 Å². The van der Waals surface area contributed by atoms with E-state index in [0.717, 1.165) is 45.3 Å². The van der Waals surface area contributed by atoms with E-state index in [0.29, 0.717) is 75.9 Å². The minimum atomic E-state index is -2.82. The van der Waals surface area contributed by atoms with Crippen molar-refractivity contribution in [2.24, 2.45) is 9.98 Å². The molecule has 11 rings (SSSR count). The predicted molar refractivity (Wildman–Crippen MR) is 337 cm³/mol. The molecule has 4 aromatic heterocycles. The Morgan fingerprint density at radius 1 is 0.433 bits per heavy atom. The Kier molecular flexibility index (Phi) is 18.4. The second kappa shape index (κ2) is 27.1. The Bertz CT molecular complexity index is 4020. The van der Waals surface area contributed by atoms with Crippen LogP contribution in [0.1, 0.15) is 60.1 Å². The van der Waals surface area contributed by atoms with Crippen molar-refractivity contribution in [1.29, 1.82) is 21.0 Å². The number of hydrogen-bond donors (Lipinski definition) is 0. The van der Waals surface area contributed by atoms with Gasteiger partial charge < -0.3 is 37.9 Å². The summed E-state index contributed by atoms with van der Waals surface area (Å²) in [5.41, 5.74) is -4.15. The number of thiophene rings is 4. The Morgan fingerprint density at radius 2 is 0.744 bits per heavy atom. The molecule has 5 aromatic carbocycles. The molecule has 2 aliphatic rings. The molecule has 0 amide bonds. The summed E-state index contributed by atoms with van der Waals surface area (Å²) < 4.78 is 51.2. The van der Waals surface area contributed by atoms with Gasteiger partial charge in [-0.05, 0) is 47.2 Å². The smallest absolute Gasteiger partial charge is 0.367 e. The van der Waals surface area contributed by atoms with Crippen molar-refractivity contribution in [2.75, 3.05) is 13.2 Å². The highest BCUT2D eigenvalue weighted by molar-refractivity contribution is 7.26. The van der Waals surface area contributed by atoms with Crippen molar-refractivity contribution in [1.82, 2.24) is 0 Å². The molecule has 0 saturated heterocycles. The topological polar surface area (TPSA) is 262 Å². The molecule has 0 aliphatic carbocycles. The minimum Gasteiger partial charge on any atom is -0.492 e. The first-order chi connectivity index (χ1) is 43.9. The van der Waals surface area contributed by atoms with Crippen LogP contribution in [0.5, 0.6) is 23.0 Å². The van der Waals surface area contributed by atoms with Crippen LogP contribution in [0.4, 0.5) is 10.0 Å².